The summed E-state index contributed by atoms with van der Waals surface area (Å²) in [6.07, 6.45) is 2.57. The highest BCUT2D eigenvalue weighted by Gasteiger charge is 2.10. The molecule has 1 rings (SSSR count). The molecule has 0 fully saturated rings. The van der Waals surface area contributed by atoms with Gasteiger partial charge in [-0.1, -0.05) is 12.7 Å². The molecule has 0 aliphatic rings. The van der Waals surface area contributed by atoms with E-state index in [0.29, 0.717) is 5.56 Å². The number of sulfone groups is 1. The molecule has 1 aromatic rings. The van der Waals surface area contributed by atoms with Gasteiger partial charge in [0.05, 0.1) is 10.5 Å². The first-order chi connectivity index (χ1) is 7.45. The Bertz CT molecular complexity index is 485. The van der Waals surface area contributed by atoms with Gasteiger partial charge in [-0.05, 0) is 24.3 Å². The Morgan fingerprint density at radius 2 is 1.94 bits per heavy atom. The molecule has 0 saturated carbocycles. The highest BCUT2D eigenvalue weighted by molar-refractivity contribution is 7.90. The maximum atomic E-state index is 11.3. The van der Waals surface area contributed by atoms with E-state index < -0.39 is 15.8 Å². The van der Waals surface area contributed by atoms with Gasteiger partial charge in [-0.25, -0.2) is 13.2 Å². The van der Waals surface area contributed by atoms with Crippen molar-refractivity contribution in [2.75, 3.05) is 12.9 Å². The highest BCUT2D eigenvalue weighted by Crippen LogP contribution is 2.11. The number of rotatable bonds is 4. The summed E-state index contributed by atoms with van der Waals surface area (Å²) in [6, 6.07) is 5.59. The zero-order chi connectivity index (χ0) is 12.2. The van der Waals surface area contributed by atoms with Crippen molar-refractivity contribution in [3.8, 4) is 0 Å². The van der Waals surface area contributed by atoms with E-state index >= 15 is 0 Å². The van der Waals surface area contributed by atoms with E-state index in [1.165, 1.54) is 30.3 Å². The van der Waals surface area contributed by atoms with Crippen LogP contribution in [0.2, 0.25) is 0 Å². The Kier molecular flexibility index (Phi) is 3.84. The van der Waals surface area contributed by atoms with E-state index in [4.69, 9.17) is 4.74 Å². The molecule has 0 saturated heterocycles. The molecule has 0 radical (unpaired) electrons. The number of carbonyl (C=O) groups is 1. The van der Waals surface area contributed by atoms with Gasteiger partial charge in [-0.15, -0.1) is 0 Å². The van der Waals surface area contributed by atoms with Gasteiger partial charge in [0.15, 0.2) is 9.84 Å². The zero-order valence-electron chi connectivity index (χ0n) is 8.84. The maximum Gasteiger partial charge on any atom is 0.338 e. The molecular formula is C11H12O4S. The lowest BCUT2D eigenvalue weighted by molar-refractivity contribution is 0.0549. The van der Waals surface area contributed by atoms with E-state index in [1.807, 2.05) is 0 Å². The molecule has 0 unspecified atom stereocenters. The second-order valence-corrected chi connectivity index (χ2v) is 5.20. The first kappa shape index (κ1) is 12.4. The molecule has 5 heteroatoms. The standard InChI is InChI=1S/C11H12O4S/c1-3-8-15-11(12)9-4-6-10(7-5-9)16(2,13)14/h3-7H,1,8H2,2H3. The second kappa shape index (κ2) is 4.94. The number of esters is 1. The number of carbonyl (C=O) groups excluding carboxylic acids is 1. The lowest BCUT2D eigenvalue weighted by Gasteiger charge is -2.02. The van der Waals surface area contributed by atoms with Crippen LogP contribution in [0.4, 0.5) is 0 Å². The third-order valence-electron chi connectivity index (χ3n) is 1.85. The summed E-state index contributed by atoms with van der Waals surface area (Å²) in [5, 5.41) is 0. The number of benzene rings is 1. The largest absolute Gasteiger partial charge is 0.458 e. The fraction of sp³-hybridized carbons (Fsp3) is 0.182. The topological polar surface area (TPSA) is 60.4 Å². The van der Waals surface area contributed by atoms with Crippen molar-refractivity contribution < 1.29 is 17.9 Å². The summed E-state index contributed by atoms with van der Waals surface area (Å²) in [7, 11) is -3.23. The third-order valence-corrected chi connectivity index (χ3v) is 2.98. The Balaban J connectivity index is 2.87. The minimum absolute atomic E-state index is 0.132. The van der Waals surface area contributed by atoms with Gasteiger partial charge >= 0.3 is 5.97 Å². The second-order valence-electron chi connectivity index (χ2n) is 3.18. The van der Waals surface area contributed by atoms with Crippen LogP contribution in [0.25, 0.3) is 0 Å². The number of hydrogen-bond donors (Lipinski definition) is 0. The summed E-state index contributed by atoms with van der Waals surface area (Å²) < 4.78 is 27.1. The van der Waals surface area contributed by atoms with Crippen LogP contribution in [0.5, 0.6) is 0 Å². The van der Waals surface area contributed by atoms with Crippen LogP contribution in [0.3, 0.4) is 0 Å². The average Bonchev–Trinajstić information content (AvgIpc) is 2.25. The van der Waals surface area contributed by atoms with Crippen LogP contribution < -0.4 is 0 Å². The summed E-state index contributed by atoms with van der Waals surface area (Å²) in [5.74, 6) is -0.500. The Morgan fingerprint density at radius 3 is 2.38 bits per heavy atom. The molecule has 86 valence electrons. The van der Waals surface area contributed by atoms with Gasteiger partial charge in [0.25, 0.3) is 0 Å². The van der Waals surface area contributed by atoms with E-state index in [-0.39, 0.29) is 11.5 Å². The fourth-order valence-electron chi connectivity index (χ4n) is 1.06. The number of ether oxygens (including phenoxy) is 1. The summed E-state index contributed by atoms with van der Waals surface area (Å²) in [5.41, 5.74) is 0.314. The monoisotopic (exact) mass is 240 g/mol. The van der Waals surface area contributed by atoms with Crippen molar-refractivity contribution in [1.82, 2.24) is 0 Å². The molecule has 0 aliphatic heterocycles. The normalized spacial score (nSPS) is 10.8. The van der Waals surface area contributed by atoms with Gasteiger partial charge in [-0.2, -0.15) is 0 Å². The molecule has 0 spiro atoms. The molecule has 0 aliphatic carbocycles. The fourth-order valence-corrected chi connectivity index (χ4v) is 1.69. The van der Waals surface area contributed by atoms with E-state index in [2.05, 4.69) is 6.58 Å². The van der Waals surface area contributed by atoms with Gasteiger partial charge in [-0.3, -0.25) is 0 Å². The predicted octanol–water partition coefficient (Wildman–Crippen LogP) is 1.43. The first-order valence-electron chi connectivity index (χ1n) is 4.53. The van der Waals surface area contributed by atoms with E-state index in [1.54, 1.807) is 0 Å². The molecule has 0 aromatic heterocycles. The molecule has 1 aromatic carbocycles. The minimum atomic E-state index is -3.23. The summed E-state index contributed by atoms with van der Waals surface area (Å²) >= 11 is 0. The van der Waals surface area contributed by atoms with Crippen molar-refractivity contribution in [3.63, 3.8) is 0 Å². The molecule has 0 bridgehead atoms. The zero-order valence-corrected chi connectivity index (χ0v) is 9.66. The van der Waals surface area contributed by atoms with Crippen LogP contribution in [-0.2, 0) is 14.6 Å². The Morgan fingerprint density at radius 1 is 1.38 bits per heavy atom. The predicted molar refractivity (Wildman–Crippen MR) is 60.0 cm³/mol. The van der Waals surface area contributed by atoms with E-state index in [9.17, 15) is 13.2 Å². The average molecular weight is 240 g/mol. The molecule has 0 N–H and O–H groups in total. The third kappa shape index (κ3) is 3.20. The highest BCUT2D eigenvalue weighted by atomic mass is 32.2. The lowest BCUT2D eigenvalue weighted by Crippen LogP contribution is -2.05. The summed E-state index contributed by atoms with van der Waals surface area (Å²) in [6.45, 7) is 3.55. The van der Waals surface area contributed by atoms with Crippen molar-refractivity contribution in [2.24, 2.45) is 0 Å². The van der Waals surface area contributed by atoms with Gasteiger partial charge < -0.3 is 4.74 Å². The Labute approximate surface area is 94.5 Å². The van der Waals surface area contributed by atoms with Crippen LogP contribution in [0.15, 0.2) is 41.8 Å². The van der Waals surface area contributed by atoms with Crippen LogP contribution in [-0.4, -0.2) is 27.2 Å². The molecule has 0 atom stereocenters. The van der Waals surface area contributed by atoms with E-state index in [0.717, 1.165) is 6.26 Å². The molecule has 16 heavy (non-hydrogen) atoms. The molecule has 0 amide bonds. The number of hydrogen-bond acceptors (Lipinski definition) is 4. The SMILES string of the molecule is C=CCOC(=O)c1ccc(S(C)(=O)=O)cc1. The quantitative estimate of drug-likeness (QED) is 0.590. The first-order valence-corrected chi connectivity index (χ1v) is 6.42. The van der Waals surface area contributed by atoms with Gasteiger partial charge in [0.2, 0.25) is 0 Å². The minimum Gasteiger partial charge on any atom is -0.458 e. The van der Waals surface area contributed by atoms with Crippen LogP contribution >= 0.6 is 0 Å². The Hall–Kier alpha value is -1.62. The summed E-state index contributed by atoms with van der Waals surface area (Å²) in [4.78, 5) is 11.5. The van der Waals surface area contributed by atoms with Gasteiger partial charge in [0.1, 0.15) is 6.61 Å². The molecular weight excluding hydrogens is 228 g/mol. The van der Waals surface area contributed by atoms with Crippen LogP contribution in [0, 0.1) is 0 Å². The van der Waals surface area contributed by atoms with Gasteiger partial charge in [0, 0.05) is 6.26 Å². The smallest absolute Gasteiger partial charge is 0.338 e. The van der Waals surface area contributed by atoms with Crippen molar-refractivity contribution in [1.29, 1.82) is 0 Å². The van der Waals surface area contributed by atoms with Crippen molar-refractivity contribution in [3.05, 3.63) is 42.5 Å². The molecule has 0 heterocycles. The van der Waals surface area contributed by atoms with Crippen molar-refractivity contribution in [2.45, 2.75) is 4.90 Å². The maximum absolute atomic E-state index is 11.3. The van der Waals surface area contributed by atoms with Crippen LogP contribution in [0.1, 0.15) is 10.4 Å². The van der Waals surface area contributed by atoms with Crippen molar-refractivity contribution >= 4 is 15.8 Å². The lowest BCUT2D eigenvalue weighted by atomic mass is 10.2. The molecule has 4 nitrogen and oxygen atoms in total.